The fourth-order valence-corrected chi connectivity index (χ4v) is 2.26. The number of rotatable bonds is 5. The van der Waals surface area contributed by atoms with Crippen molar-refractivity contribution in [2.75, 3.05) is 19.6 Å². The second kappa shape index (κ2) is 6.23. The van der Waals surface area contributed by atoms with Crippen LogP contribution in [0.3, 0.4) is 0 Å². The second-order valence-corrected chi connectivity index (χ2v) is 4.68. The lowest BCUT2D eigenvalue weighted by atomic mass is 9.84. The van der Waals surface area contributed by atoms with Gasteiger partial charge in [0.2, 0.25) is 0 Å². The summed E-state index contributed by atoms with van der Waals surface area (Å²) in [5.41, 5.74) is 0. The van der Waals surface area contributed by atoms with Crippen LogP contribution in [0.4, 0.5) is 0 Å². The molecular weight excluding hydrogens is 188 g/mol. The van der Waals surface area contributed by atoms with E-state index >= 15 is 0 Å². The fourth-order valence-electron chi connectivity index (χ4n) is 2.26. The van der Waals surface area contributed by atoms with Crippen molar-refractivity contribution in [2.45, 2.75) is 39.7 Å². The van der Waals surface area contributed by atoms with Crippen LogP contribution >= 0.6 is 0 Å². The highest BCUT2D eigenvalue weighted by molar-refractivity contribution is 5.86. The summed E-state index contributed by atoms with van der Waals surface area (Å²) in [6.07, 6.45) is 2.24. The van der Waals surface area contributed by atoms with Gasteiger partial charge in [-0.05, 0) is 38.4 Å². The van der Waals surface area contributed by atoms with Crippen molar-refractivity contribution in [3.05, 3.63) is 0 Å². The van der Waals surface area contributed by atoms with Crippen LogP contribution in [-0.4, -0.2) is 31.5 Å². The van der Waals surface area contributed by atoms with Gasteiger partial charge in [-0.25, -0.2) is 0 Å². The summed E-state index contributed by atoms with van der Waals surface area (Å²) in [6.45, 7) is 9.05. The van der Waals surface area contributed by atoms with Gasteiger partial charge in [0, 0.05) is 5.92 Å². The van der Waals surface area contributed by atoms with Crippen molar-refractivity contribution < 1.29 is 4.79 Å². The number of hydrogen-bond acceptors (Lipinski definition) is 3. The van der Waals surface area contributed by atoms with Crippen LogP contribution in [0.25, 0.3) is 0 Å². The molecule has 3 heteroatoms. The van der Waals surface area contributed by atoms with Gasteiger partial charge in [-0.3, -0.25) is 4.79 Å². The maximum absolute atomic E-state index is 12.0. The molecular formula is C12H24N2O. The number of hydrogen-bond donors (Lipinski definition) is 2. The molecule has 0 saturated carbocycles. The molecule has 1 fully saturated rings. The van der Waals surface area contributed by atoms with Gasteiger partial charge in [0.25, 0.3) is 0 Å². The molecule has 15 heavy (non-hydrogen) atoms. The molecule has 0 radical (unpaired) electrons. The third kappa shape index (κ3) is 3.58. The topological polar surface area (TPSA) is 41.1 Å². The molecule has 0 aromatic rings. The Bertz CT molecular complexity index is 198. The lowest BCUT2D eigenvalue weighted by Crippen LogP contribution is -2.48. The molecule has 0 aliphatic carbocycles. The highest BCUT2D eigenvalue weighted by Crippen LogP contribution is 2.19. The molecule has 1 aliphatic heterocycles. The minimum absolute atomic E-state index is 0.0806. The van der Waals surface area contributed by atoms with Crippen LogP contribution in [0.1, 0.15) is 33.6 Å². The number of nitrogens with one attached hydrogen (secondary N) is 2. The van der Waals surface area contributed by atoms with E-state index in [4.69, 9.17) is 0 Å². The van der Waals surface area contributed by atoms with Crippen molar-refractivity contribution in [1.82, 2.24) is 10.6 Å². The highest BCUT2D eigenvalue weighted by atomic mass is 16.1. The van der Waals surface area contributed by atoms with E-state index in [0.717, 1.165) is 32.5 Å². The van der Waals surface area contributed by atoms with E-state index < -0.39 is 0 Å². The molecule has 3 nitrogen and oxygen atoms in total. The molecule has 1 saturated heterocycles. The Labute approximate surface area is 93.0 Å². The van der Waals surface area contributed by atoms with Crippen LogP contribution in [0.2, 0.25) is 0 Å². The number of ketones is 1. The highest BCUT2D eigenvalue weighted by Gasteiger charge is 2.29. The molecule has 0 spiro atoms. The van der Waals surface area contributed by atoms with Crippen molar-refractivity contribution in [3.63, 3.8) is 0 Å². The van der Waals surface area contributed by atoms with E-state index in [1.807, 2.05) is 13.8 Å². The van der Waals surface area contributed by atoms with Crippen LogP contribution in [0, 0.1) is 11.8 Å². The molecule has 1 atom stereocenters. The van der Waals surface area contributed by atoms with Crippen molar-refractivity contribution in [3.8, 4) is 0 Å². The van der Waals surface area contributed by atoms with E-state index in [1.54, 1.807) is 0 Å². The van der Waals surface area contributed by atoms with Gasteiger partial charge in [0.15, 0.2) is 5.78 Å². The molecule has 0 amide bonds. The van der Waals surface area contributed by atoms with E-state index in [-0.39, 0.29) is 12.0 Å². The SMILES string of the molecule is CCNC(C(=O)C(C)C)C1CCNCC1. The van der Waals surface area contributed by atoms with E-state index in [1.165, 1.54) is 0 Å². The Morgan fingerprint density at radius 1 is 1.40 bits per heavy atom. The first kappa shape index (κ1) is 12.7. The van der Waals surface area contributed by atoms with Gasteiger partial charge in [-0.15, -0.1) is 0 Å². The van der Waals surface area contributed by atoms with Gasteiger partial charge in [-0.2, -0.15) is 0 Å². The van der Waals surface area contributed by atoms with Crippen molar-refractivity contribution in [1.29, 1.82) is 0 Å². The zero-order valence-corrected chi connectivity index (χ0v) is 10.2. The standard InChI is InChI=1S/C12H24N2O/c1-4-14-11(12(15)9(2)3)10-5-7-13-8-6-10/h9-11,13-14H,4-8H2,1-3H3. The summed E-state index contributed by atoms with van der Waals surface area (Å²) < 4.78 is 0. The number of likely N-dealkylation sites (N-methyl/N-ethyl adjacent to an activating group) is 1. The third-order valence-electron chi connectivity index (χ3n) is 3.15. The molecule has 1 unspecified atom stereocenters. The van der Waals surface area contributed by atoms with Gasteiger partial charge >= 0.3 is 0 Å². The molecule has 88 valence electrons. The summed E-state index contributed by atoms with van der Waals surface area (Å²) in [7, 11) is 0. The zero-order valence-electron chi connectivity index (χ0n) is 10.2. The Balaban J connectivity index is 2.58. The predicted molar refractivity (Wildman–Crippen MR) is 62.9 cm³/mol. The molecule has 2 N–H and O–H groups in total. The summed E-state index contributed by atoms with van der Waals surface area (Å²) in [5.74, 6) is 1.05. The molecule has 0 bridgehead atoms. The zero-order chi connectivity index (χ0) is 11.3. The molecule has 0 aromatic carbocycles. The summed E-state index contributed by atoms with van der Waals surface area (Å²) >= 11 is 0. The van der Waals surface area contributed by atoms with E-state index in [9.17, 15) is 4.79 Å². The summed E-state index contributed by atoms with van der Waals surface area (Å²) in [5, 5.41) is 6.70. The normalized spacial score (nSPS) is 20.5. The third-order valence-corrected chi connectivity index (χ3v) is 3.15. The minimum Gasteiger partial charge on any atom is -0.317 e. The van der Waals surface area contributed by atoms with Gasteiger partial charge in [0.1, 0.15) is 0 Å². The predicted octanol–water partition coefficient (Wildman–Crippen LogP) is 1.19. The van der Waals surface area contributed by atoms with Crippen molar-refractivity contribution >= 4 is 5.78 Å². The lowest BCUT2D eigenvalue weighted by molar-refractivity contribution is -0.125. The van der Waals surface area contributed by atoms with Crippen LogP contribution < -0.4 is 10.6 Å². The first-order chi connectivity index (χ1) is 7.16. The maximum atomic E-state index is 12.0. The molecule has 0 aromatic heterocycles. The first-order valence-corrected chi connectivity index (χ1v) is 6.14. The quantitative estimate of drug-likeness (QED) is 0.719. The van der Waals surface area contributed by atoms with Crippen LogP contribution in [0.15, 0.2) is 0 Å². The van der Waals surface area contributed by atoms with Crippen LogP contribution in [0.5, 0.6) is 0 Å². The first-order valence-electron chi connectivity index (χ1n) is 6.14. The smallest absolute Gasteiger partial charge is 0.152 e. The second-order valence-electron chi connectivity index (χ2n) is 4.68. The number of carbonyl (C=O) groups is 1. The average molecular weight is 212 g/mol. The summed E-state index contributed by atoms with van der Waals surface area (Å²) in [6, 6.07) is 0.0806. The van der Waals surface area contributed by atoms with Crippen LogP contribution in [-0.2, 0) is 4.79 Å². The van der Waals surface area contributed by atoms with Crippen molar-refractivity contribution in [2.24, 2.45) is 11.8 Å². The molecule has 1 aliphatic rings. The number of Topliss-reactive ketones (excluding diaryl/α,β-unsaturated/α-hetero) is 1. The Kier molecular flexibility index (Phi) is 5.26. The number of piperidine rings is 1. The van der Waals surface area contributed by atoms with Gasteiger partial charge < -0.3 is 10.6 Å². The van der Waals surface area contributed by atoms with E-state index in [0.29, 0.717) is 11.7 Å². The fraction of sp³-hybridized carbons (Fsp3) is 0.917. The Morgan fingerprint density at radius 2 is 2.00 bits per heavy atom. The Morgan fingerprint density at radius 3 is 2.47 bits per heavy atom. The minimum atomic E-state index is 0.0806. The van der Waals surface area contributed by atoms with Gasteiger partial charge in [0.05, 0.1) is 6.04 Å². The number of carbonyl (C=O) groups excluding carboxylic acids is 1. The monoisotopic (exact) mass is 212 g/mol. The molecule has 1 heterocycles. The Hall–Kier alpha value is -0.410. The molecule has 1 rings (SSSR count). The average Bonchev–Trinajstić information content (AvgIpc) is 2.26. The van der Waals surface area contributed by atoms with E-state index in [2.05, 4.69) is 17.6 Å². The largest absolute Gasteiger partial charge is 0.317 e. The van der Waals surface area contributed by atoms with Gasteiger partial charge in [-0.1, -0.05) is 20.8 Å². The summed E-state index contributed by atoms with van der Waals surface area (Å²) in [4.78, 5) is 12.0. The maximum Gasteiger partial charge on any atom is 0.152 e. The lowest BCUT2D eigenvalue weighted by Gasteiger charge is -2.31.